The molecule has 0 saturated heterocycles. The lowest BCUT2D eigenvalue weighted by atomic mass is 10.2. The van der Waals surface area contributed by atoms with E-state index in [1.54, 1.807) is 6.20 Å². The van der Waals surface area contributed by atoms with Crippen LogP contribution < -0.4 is 10.6 Å². The number of fused-ring (bicyclic) bond motifs is 3. The highest BCUT2D eigenvalue weighted by Gasteiger charge is 2.24. The van der Waals surface area contributed by atoms with Gasteiger partial charge in [0.25, 0.3) is 0 Å². The summed E-state index contributed by atoms with van der Waals surface area (Å²) in [5.41, 5.74) is 7.74. The Labute approximate surface area is 92.7 Å². The molecule has 3 rings (SSSR count). The van der Waals surface area contributed by atoms with Crippen molar-refractivity contribution in [2.45, 2.75) is 13.5 Å². The van der Waals surface area contributed by atoms with Crippen molar-refractivity contribution in [3.8, 4) is 5.69 Å². The van der Waals surface area contributed by atoms with Gasteiger partial charge in [-0.2, -0.15) is 5.10 Å². The molecule has 0 aromatic carbocycles. The third-order valence-electron chi connectivity index (χ3n) is 2.70. The first-order valence-electron chi connectivity index (χ1n) is 5.05. The highest BCUT2D eigenvalue weighted by molar-refractivity contribution is 5.75. The van der Waals surface area contributed by atoms with Crippen LogP contribution in [0.2, 0.25) is 0 Å². The second-order valence-electron chi connectivity index (χ2n) is 3.91. The molecule has 82 valence electrons. The van der Waals surface area contributed by atoms with Crippen LogP contribution in [0.5, 0.6) is 0 Å². The number of hydrogen-bond acceptors (Lipinski definition) is 5. The van der Waals surface area contributed by atoms with Crippen LogP contribution in [0, 0.1) is 6.92 Å². The standard InChI is InChI=1S/C10H12N6/c1-6-13-8-5-15(2)9-7(16(8)14-6)3-4-12-10(9)11/h3-4H,5H2,1-2H3,(H2,11,12). The van der Waals surface area contributed by atoms with Gasteiger partial charge in [-0.15, -0.1) is 0 Å². The van der Waals surface area contributed by atoms with Crippen molar-refractivity contribution in [3.05, 3.63) is 23.9 Å². The highest BCUT2D eigenvalue weighted by Crippen LogP contribution is 2.33. The average Bonchev–Trinajstić information content (AvgIpc) is 2.58. The number of nitrogen functional groups attached to an aromatic ring is 1. The van der Waals surface area contributed by atoms with Crippen molar-refractivity contribution in [2.75, 3.05) is 17.7 Å². The molecule has 2 aromatic heterocycles. The van der Waals surface area contributed by atoms with E-state index in [4.69, 9.17) is 5.73 Å². The van der Waals surface area contributed by atoms with Crippen molar-refractivity contribution < 1.29 is 0 Å². The first-order valence-corrected chi connectivity index (χ1v) is 5.05. The molecule has 0 atom stereocenters. The minimum atomic E-state index is 0.527. The molecule has 6 heteroatoms. The number of pyridine rings is 1. The van der Waals surface area contributed by atoms with Crippen molar-refractivity contribution in [2.24, 2.45) is 0 Å². The van der Waals surface area contributed by atoms with E-state index in [1.165, 1.54) is 0 Å². The van der Waals surface area contributed by atoms with Crippen LogP contribution in [0.4, 0.5) is 11.5 Å². The van der Waals surface area contributed by atoms with Crippen molar-refractivity contribution in [3.63, 3.8) is 0 Å². The molecule has 0 amide bonds. The Hall–Kier alpha value is -2.11. The number of aromatic nitrogens is 4. The summed E-state index contributed by atoms with van der Waals surface area (Å²) in [6, 6.07) is 1.90. The fraction of sp³-hybridized carbons (Fsp3) is 0.300. The molecule has 2 N–H and O–H groups in total. The summed E-state index contributed by atoms with van der Waals surface area (Å²) in [7, 11) is 1.98. The van der Waals surface area contributed by atoms with Gasteiger partial charge in [0.2, 0.25) is 0 Å². The predicted molar refractivity (Wildman–Crippen MR) is 60.4 cm³/mol. The van der Waals surface area contributed by atoms with E-state index in [0.717, 1.165) is 23.0 Å². The number of hydrogen-bond donors (Lipinski definition) is 1. The molecule has 0 unspecified atom stereocenters. The van der Waals surface area contributed by atoms with Gasteiger partial charge in [-0.25, -0.2) is 14.6 Å². The Morgan fingerprint density at radius 3 is 3.06 bits per heavy atom. The second kappa shape index (κ2) is 2.94. The van der Waals surface area contributed by atoms with Gasteiger partial charge in [0, 0.05) is 13.2 Å². The fourth-order valence-corrected chi connectivity index (χ4v) is 2.07. The van der Waals surface area contributed by atoms with E-state index in [9.17, 15) is 0 Å². The lowest BCUT2D eigenvalue weighted by Gasteiger charge is -2.27. The molecular formula is C10H12N6. The van der Waals surface area contributed by atoms with Gasteiger partial charge in [0.15, 0.2) is 5.82 Å². The van der Waals surface area contributed by atoms with E-state index in [0.29, 0.717) is 12.4 Å². The Morgan fingerprint density at radius 1 is 1.44 bits per heavy atom. The first kappa shape index (κ1) is 9.14. The van der Waals surface area contributed by atoms with Gasteiger partial charge in [-0.1, -0.05) is 0 Å². The molecule has 0 bridgehead atoms. The number of nitrogens with two attached hydrogens (primary N) is 1. The number of aryl methyl sites for hydroxylation is 1. The Bertz CT molecular complexity index is 558. The molecule has 0 radical (unpaired) electrons. The van der Waals surface area contributed by atoms with Gasteiger partial charge in [0.1, 0.15) is 17.3 Å². The van der Waals surface area contributed by atoms with E-state index in [2.05, 4.69) is 15.1 Å². The zero-order chi connectivity index (χ0) is 11.3. The van der Waals surface area contributed by atoms with Gasteiger partial charge < -0.3 is 10.6 Å². The van der Waals surface area contributed by atoms with E-state index in [-0.39, 0.29) is 0 Å². The summed E-state index contributed by atoms with van der Waals surface area (Å²) in [6.45, 7) is 2.58. The summed E-state index contributed by atoms with van der Waals surface area (Å²) in [4.78, 5) is 10.5. The molecule has 0 saturated carbocycles. The van der Waals surface area contributed by atoms with Crippen LogP contribution in [0.3, 0.4) is 0 Å². The summed E-state index contributed by atoms with van der Waals surface area (Å²) < 4.78 is 1.84. The minimum absolute atomic E-state index is 0.527. The van der Waals surface area contributed by atoms with Gasteiger partial charge in [-0.05, 0) is 13.0 Å². The molecule has 2 aromatic rings. The van der Waals surface area contributed by atoms with E-state index < -0.39 is 0 Å². The van der Waals surface area contributed by atoms with Crippen LogP contribution in [-0.4, -0.2) is 26.8 Å². The van der Waals surface area contributed by atoms with Crippen LogP contribution in [0.15, 0.2) is 12.3 Å². The second-order valence-corrected chi connectivity index (χ2v) is 3.91. The molecule has 0 aliphatic carbocycles. The van der Waals surface area contributed by atoms with Gasteiger partial charge in [0.05, 0.1) is 12.2 Å². The van der Waals surface area contributed by atoms with Gasteiger partial charge in [-0.3, -0.25) is 0 Å². The SMILES string of the molecule is Cc1nc2n(n1)-c1ccnc(N)c1N(C)C2. The summed E-state index contributed by atoms with van der Waals surface area (Å²) >= 11 is 0. The maximum absolute atomic E-state index is 5.88. The predicted octanol–water partition coefficient (Wildman–Crippen LogP) is 0.503. The molecule has 0 spiro atoms. The summed E-state index contributed by atoms with van der Waals surface area (Å²) in [6.07, 6.45) is 1.69. The van der Waals surface area contributed by atoms with Gasteiger partial charge >= 0.3 is 0 Å². The summed E-state index contributed by atoms with van der Waals surface area (Å²) in [5.74, 6) is 2.23. The van der Waals surface area contributed by atoms with Crippen LogP contribution >= 0.6 is 0 Å². The monoisotopic (exact) mass is 216 g/mol. The van der Waals surface area contributed by atoms with Crippen molar-refractivity contribution in [1.82, 2.24) is 19.7 Å². The number of anilines is 2. The molecule has 0 fully saturated rings. The molecule has 3 heterocycles. The molecule has 1 aliphatic rings. The van der Waals surface area contributed by atoms with Crippen molar-refractivity contribution >= 4 is 11.5 Å². The Morgan fingerprint density at radius 2 is 2.25 bits per heavy atom. The largest absolute Gasteiger partial charge is 0.382 e. The molecule has 6 nitrogen and oxygen atoms in total. The average molecular weight is 216 g/mol. The Kier molecular flexibility index (Phi) is 1.68. The smallest absolute Gasteiger partial charge is 0.152 e. The topological polar surface area (TPSA) is 72.9 Å². The molecular weight excluding hydrogens is 204 g/mol. The minimum Gasteiger partial charge on any atom is -0.382 e. The van der Waals surface area contributed by atoms with Crippen LogP contribution in [-0.2, 0) is 6.54 Å². The third kappa shape index (κ3) is 1.09. The maximum atomic E-state index is 5.88. The Balaban J connectivity index is 2.32. The first-order chi connectivity index (χ1) is 7.66. The van der Waals surface area contributed by atoms with E-state index in [1.807, 2.05) is 29.6 Å². The third-order valence-corrected chi connectivity index (χ3v) is 2.70. The quantitative estimate of drug-likeness (QED) is 0.694. The molecule has 1 aliphatic heterocycles. The van der Waals surface area contributed by atoms with Crippen molar-refractivity contribution in [1.29, 1.82) is 0 Å². The molecule has 16 heavy (non-hydrogen) atoms. The lowest BCUT2D eigenvalue weighted by molar-refractivity contribution is 0.722. The normalized spacial score (nSPS) is 13.5. The highest BCUT2D eigenvalue weighted by atomic mass is 15.4. The zero-order valence-electron chi connectivity index (χ0n) is 9.18. The fourth-order valence-electron chi connectivity index (χ4n) is 2.07. The van der Waals surface area contributed by atoms with Crippen LogP contribution in [0.25, 0.3) is 5.69 Å². The summed E-state index contributed by atoms with van der Waals surface area (Å²) in [5, 5.41) is 4.36. The lowest BCUT2D eigenvalue weighted by Crippen LogP contribution is -2.27. The van der Waals surface area contributed by atoms with Crippen LogP contribution in [0.1, 0.15) is 11.6 Å². The van der Waals surface area contributed by atoms with E-state index >= 15 is 0 Å². The number of nitrogens with zero attached hydrogens (tertiary/aromatic N) is 5. The zero-order valence-corrected chi connectivity index (χ0v) is 9.18. The number of rotatable bonds is 0. The maximum Gasteiger partial charge on any atom is 0.152 e.